The summed E-state index contributed by atoms with van der Waals surface area (Å²) in [6, 6.07) is 13.1. The molecule has 1 aliphatic carbocycles. The molecule has 0 radical (unpaired) electrons. The van der Waals surface area contributed by atoms with E-state index in [4.69, 9.17) is 16.3 Å². The Morgan fingerprint density at radius 3 is 2.45 bits per heavy atom. The Morgan fingerprint density at radius 1 is 1.10 bits per heavy atom. The third-order valence-corrected chi connectivity index (χ3v) is 6.34. The van der Waals surface area contributed by atoms with Crippen molar-refractivity contribution in [2.45, 2.75) is 43.9 Å². The number of rotatable bonds is 5. The molecule has 6 heteroatoms. The van der Waals surface area contributed by atoms with E-state index in [2.05, 4.69) is 5.32 Å². The number of anilines is 2. The van der Waals surface area contributed by atoms with Gasteiger partial charge in [-0.25, -0.2) is 0 Å². The third-order valence-electron chi connectivity index (χ3n) is 6.09. The number of hydrogen-bond donors (Lipinski definition) is 1. The summed E-state index contributed by atoms with van der Waals surface area (Å²) in [4.78, 5) is 27.4. The van der Waals surface area contributed by atoms with Crippen molar-refractivity contribution in [3.8, 4) is 5.75 Å². The van der Waals surface area contributed by atoms with E-state index in [1.807, 2.05) is 36.4 Å². The molecule has 5 nitrogen and oxygen atoms in total. The molecule has 0 bridgehead atoms. The maximum Gasteiger partial charge on any atom is 0.235 e. The number of halogens is 1. The standard InChI is InChI=1S/C23H25ClN2O3/c1-29-20-11-10-18(15-19(20)26-14-4-5-21(26)27)25-22(28)23(12-2-3-13-23)16-6-8-17(24)9-7-16/h6-11,15H,2-5,12-14H2,1H3,(H,25,28). The summed E-state index contributed by atoms with van der Waals surface area (Å²) in [6.45, 7) is 0.668. The van der Waals surface area contributed by atoms with Crippen LogP contribution in [-0.4, -0.2) is 25.5 Å². The van der Waals surface area contributed by atoms with Gasteiger partial charge in [-0.05, 0) is 55.2 Å². The molecule has 0 spiro atoms. The smallest absolute Gasteiger partial charge is 0.235 e. The van der Waals surface area contributed by atoms with Gasteiger partial charge in [0.1, 0.15) is 5.75 Å². The van der Waals surface area contributed by atoms with Crippen molar-refractivity contribution < 1.29 is 14.3 Å². The monoisotopic (exact) mass is 412 g/mol. The first-order valence-corrected chi connectivity index (χ1v) is 10.5. The lowest BCUT2D eigenvalue weighted by molar-refractivity contribution is -0.121. The molecule has 1 saturated heterocycles. The largest absolute Gasteiger partial charge is 0.495 e. The number of nitrogens with one attached hydrogen (secondary N) is 1. The van der Waals surface area contributed by atoms with Gasteiger partial charge in [0.05, 0.1) is 18.2 Å². The number of nitrogens with zero attached hydrogens (tertiary/aromatic N) is 1. The van der Waals surface area contributed by atoms with Crippen molar-refractivity contribution in [2.24, 2.45) is 0 Å². The van der Waals surface area contributed by atoms with E-state index in [1.165, 1.54) is 0 Å². The minimum atomic E-state index is -0.547. The zero-order chi connectivity index (χ0) is 20.4. The van der Waals surface area contributed by atoms with Gasteiger partial charge in [-0.1, -0.05) is 36.6 Å². The Morgan fingerprint density at radius 2 is 1.83 bits per heavy atom. The van der Waals surface area contributed by atoms with E-state index in [-0.39, 0.29) is 11.8 Å². The molecule has 1 heterocycles. The minimum Gasteiger partial charge on any atom is -0.495 e. The minimum absolute atomic E-state index is 0.0128. The van der Waals surface area contributed by atoms with Gasteiger partial charge in [0.25, 0.3) is 0 Å². The highest BCUT2D eigenvalue weighted by Crippen LogP contribution is 2.43. The second-order valence-corrected chi connectivity index (χ2v) is 8.22. The van der Waals surface area contributed by atoms with Gasteiger partial charge in [-0.3, -0.25) is 9.59 Å². The molecule has 2 amide bonds. The summed E-state index contributed by atoms with van der Waals surface area (Å²) >= 11 is 6.05. The molecule has 152 valence electrons. The molecule has 2 aliphatic rings. The van der Waals surface area contributed by atoms with E-state index < -0.39 is 5.41 Å². The molecule has 0 unspecified atom stereocenters. The molecule has 4 rings (SSSR count). The van der Waals surface area contributed by atoms with Crippen LogP contribution in [0, 0.1) is 0 Å². The molecule has 1 saturated carbocycles. The predicted octanol–water partition coefficient (Wildman–Crippen LogP) is 4.93. The number of carbonyl (C=O) groups is 2. The Bertz CT molecular complexity index is 920. The molecular weight excluding hydrogens is 388 g/mol. The summed E-state index contributed by atoms with van der Waals surface area (Å²) in [5.74, 6) is 0.702. The fraction of sp³-hybridized carbons (Fsp3) is 0.391. The topological polar surface area (TPSA) is 58.6 Å². The van der Waals surface area contributed by atoms with E-state index in [0.29, 0.717) is 35.1 Å². The summed E-state index contributed by atoms with van der Waals surface area (Å²) in [5.41, 5.74) is 1.83. The van der Waals surface area contributed by atoms with E-state index in [1.54, 1.807) is 18.1 Å². The second kappa shape index (κ2) is 8.07. The highest BCUT2D eigenvalue weighted by Gasteiger charge is 2.42. The van der Waals surface area contributed by atoms with Crippen molar-refractivity contribution in [2.75, 3.05) is 23.9 Å². The van der Waals surface area contributed by atoms with Gasteiger partial charge >= 0.3 is 0 Å². The fourth-order valence-electron chi connectivity index (χ4n) is 4.53. The molecule has 0 aromatic heterocycles. The van der Waals surface area contributed by atoms with Crippen molar-refractivity contribution in [3.05, 3.63) is 53.1 Å². The van der Waals surface area contributed by atoms with Crippen LogP contribution in [0.15, 0.2) is 42.5 Å². The third kappa shape index (κ3) is 3.71. The van der Waals surface area contributed by atoms with Crippen LogP contribution in [0.25, 0.3) is 0 Å². The number of amides is 2. The molecule has 1 N–H and O–H groups in total. The lowest BCUT2D eigenvalue weighted by Gasteiger charge is -2.29. The number of methoxy groups -OCH3 is 1. The van der Waals surface area contributed by atoms with Crippen LogP contribution >= 0.6 is 11.6 Å². The van der Waals surface area contributed by atoms with E-state index in [9.17, 15) is 9.59 Å². The maximum atomic E-state index is 13.4. The van der Waals surface area contributed by atoms with Crippen LogP contribution in [0.3, 0.4) is 0 Å². The molecule has 2 aromatic carbocycles. The molecule has 2 aromatic rings. The van der Waals surface area contributed by atoms with Gasteiger partial charge in [-0.15, -0.1) is 0 Å². The first-order chi connectivity index (χ1) is 14.0. The summed E-state index contributed by atoms with van der Waals surface area (Å²) in [6.07, 6.45) is 5.04. The summed E-state index contributed by atoms with van der Waals surface area (Å²) in [7, 11) is 1.59. The van der Waals surface area contributed by atoms with Crippen molar-refractivity contribution in [1.29, 1.82) is 0 Å². The molecule has 2 fully saturated rings. The van der Waals surface area contributed by atoms with Gasteiger partial charge in [0, 0.05) is 23.7 Å². The fourth-order valence-corrected chi connectivity index (χ4v) is 4.65. The summed E-state index contributed by atoms with van der Waals surface area (Å²) in [5, 5.41) is 3.77. The zero-order valence-corrected chi connectivity index (χ0v) is 17.3. The average molecular weight is 413 g/mol. The number of ether oxygens (including phenoxy) is 1. The second-order valence-electron chi connectivity index (χ2n) is 7.79. The Labute approximate surface area is 176 Å². The van der Waals surface area contributed by atoms with Crippen LogP contribution < -0.4 is 15.0 Å². The van der Waals surface area contributed by atoms with Gasteiger partial charge in [0.15, 0.2) is 0 Å². The Balaban J connectivity index is 1.63. The van der Waals surface area contributed by atoms with Crippen molar-refractivity contribution >= 4 is 34.8 Å². The van der Waals surface area contributed by atoms with Crippen molar-refractivity contribution in [1.82, 2.24) is 0 Å². The molecule has 1 aliphatic heterocycles. The molecular formula is C23H25ClN2O3. The first-order valence-electron chi connectivity index (χ1n) is 10.1. The number of carbonyl (C=O) groups excluding carboxylic acids is 2. The normalized spacial score (nSPS) is 18.1. The van der Waals surface area contributed by atoms with Crippen molar-refractivity contribution in [3.63, 3.8) is 0 Å². The van der Waals surface area contributed by atoms with Gasteiger partial charge < -0.3 is 15.0 Å². The quantitative estimate of drug-likeness (QED) is 0.757. The van der Waals surface area contributed by atoms with Gasteiger partial charge in [0.2, 0.25) is 11.8 Å². The average Bonchev–Trinajstić information content (AvgIpc) is 3.38. The first kappa shape index (κ1) is 19.8. The Kier molecular flexibility index (Phi) is 5.50. The Hall–Kier alpha value is -2.53. The lowest BCUT2D eigenvalue weighted by atomic mass is 9.78. The highest BCUT2D eigenvalue weighted by atomic mass is 35.5. The number of hydrogen-bond acceptors (Lipinski definition) is 3. The maximum absolute atomic E-state index is 13.4. The van der Waals surface area contributed by atoms with E-state index in [0.717, 1.165) is 37.7 Å². The molecule has 0 atom stereocenters. The van der Waals surface area contributed by atoms with E-state index >= 15 is 0 Å². The van der Waals surface area contributed by atoms with Crippen LogP contribution in [0.5, 0.6) is 5.75 Å². The lowest BCUT2D eigenvalue weighted by Crippen LogP contribution is -2.38. The zero-order valence-electron chi connectivity index (χ0n) is 16.5. The van der Waals surface area contributed by atoms with Crippen LogP contribution in [0.2, 0.25) is 5.02 Å². The van der Waals surface area contributed by atoms with Crippen LogP contribution in [0.1, 0.15) is 44.1 Å². The van der Waals surface area contributed by atoms with Crippen LogP contribution in [0.4, 0.5) is 11.4 Å². The SMILES string of the molecule is COc1ccc(NC(=O)C2(c3ccc(Cl)cc3)CCCC2)cc1N1CCCC1=O. The van der Waals surface area contributed by atoms with Crippen LogP contribution in [-0.2, 0) is 15.0 Å². The number of benzene rings is 2. The molecule has 29 heavy (non-hydrogen) atoms. The highest BCUT2D eigenvalue weighted by molar-refractivity contribution is 6.30. The summed E-state index contributed by atoms with van der Waals surface area (Å²) < 4.78 is 5.45. The van der Waals surface area contributed by atoms with Gasteiger partial charge in [-0.2, -0.15) is 0 Å². The predicted molar refractivity (Wildman–Crippen MR) is 115 cm³/mol.